The average molecular weight is 534 g/mol. The first-order chi connectivity index (χ1) is 16.5. The Morgan fingerprint density at radius 1 is 0.694 bits per heavy atom. The third-order valence-electron chi connectivity index (χ3n) is 6.02. The van der Waals surface area contributed by atoms with Gasteiger partial charge in [-0.2, -0.15) is 0 Å². The molecule has 0 saturated carbocycles. The second-order valence-corrected chi connectivity index (χ2v) is 8.29. The molecule has 2 aromatic carbocycles. The molecule has 6 nitrogen and oxygen atoms in total. The highest BCUT2D eigenvalue weighted by Crippen LogP contribution is 2.37. The minimum absolute atomic E-state index is 0.0845. The van der Waals surface area contributed by atoms with Crippen LogP contribution in [0.1, 0.15) is 24.5 Å². The van der Waals surface area contributed by atoms with Gasteiger partial charge < -0.3 is 30.6 Å². The molecule has 0 aliphatic carbocycles. The topological polar surface area (TPSA) is 121 Å². The van der Waals surface area contributed by atoms with Gasteiger partial charge in [-0.25, -0.2) is 35.1 Å². The van der Waals surface area contributed by atoms with E-state index in [2.05, 4.69) is 0 Å². The van der Waals surface area contributed by atoms with Gasteiger partial charge in [-0.15, -0.1) is 0 Å². The second kappa shape index (κ2) is 10.9. The molecule has 0 aromatic heterocycles. The molecule has 0 spiro atoms. The summed E-state index contributed by atoms with van der Waals surface area (Å²) in [5.41, 5.74) is -9.34. The summed E-state index contributed by atoms with van der Waals surface area (Å²) in [5, 5.41) is 62.3. The van der Waals surface area contributed by atoms with Crippen LogP contribution in [0.4, 0.5) is 35.1 Å². The van der Waals surface area contributed by atoms with Gasteiger partial charge >= 0.3 is 0 Å². The Bertz CT molecular complexity index is 1120. The fraction of sp³-hybridized carbons (Fsp3) is 0.455. The fourth-order valence-electron chi connectivity index (χ4n) is 3.80. The Labute approximate surface area is 198 Å². The first kappa shape index (κ1) is 29.9. The van der Waals surface area contributed by atoms with Crippen LogP contribution in [0.3, 0.4) is 0 Å². The molecule has 14 heteroatoms. The number of hydrogen-bond acceptors (Lipinski definition) is 6. The number of aliphatic hydroxyl groups is 6. The summed E-state index contributed by atoms with van der Waals surface area (Å²) >= 11 is 0. The van der Waals surface area contributed by atoms with Crippen molar-refractivity contribution in [3.63, 3.8) is 0 Å². The molecule has 0 aliphatic heterocycles. The van der Waals surface area contributed by atoms with E-state index in [1.165, 1.54) is 0 Å². The summed E-state index contributed by atoms with van der Waals surface area (Å²) in [6, 6.07) is -0.230. The van der Waals surface area contributed by atoms with Crippen molar-refractivity contribution in [2.24, 2.45) is 0 Å². The van der Waals surface area contributed by atoms with Crippen molar-refractivity contribution in [2.45, 2.75) is 55.7 Å². The monoisotopic (exact) mass is 534 g/mol. The molecule has 0 amide bonds. The van der Waals surface area contributed by atoms with Gasteiger partial charge in [0.15, 0.2) is 34.9 Å². The van der Waals surface area contributed by atoms with Crippen LogP contribution in [0.2, 0.25) is 0 Å². The molecule has 1 unspecified atom stereocenters. The first-order valence-electron chi connectivity index (χ1n) is 10.3. The third kappa shape index (κ3) is 5.33. The van der Waals surface area contributed by atoms with Crippen molar-refractivity contribution in [1.29, 1.82) is 0 Å². The Hall–Kier alpha value is -2.36. The van der Waals surface area contributed by atoms with Crippen LogP contribution in [0, 0.1) is 46.5 Å². The van der Waals surface area contributed by atoms with Gasteiger partial charge in [-0.1, -0.05) is 6.92 Å². The molecule has 2 aromatic rings. The fourth-order valence-corrected chi connectivity index (χ4v) is 3.80. The maximum atomic E-state index is 14.3. The van der Waals surface area contributed by atoms with E-state index >= 15 is 0 Å². The Morgan fingerprint density at radius 2 is 1.11 bits per heavy atom. The Kier molecular flexibility index (Phi) is 9.08. The second-order valence-electron chi connectivity index (χ2n) is 8.29. The Morgan fingerprint density at radius 3 is 1.50 bits per heavy atom. The van der Waals surface area contributed by atoms with Crippen molar-refractivity contribution in [3.8, 4) is 0 Å². The normalized spacial score (nSPS) is 17.9. The molecule has 6 N–H and O–H groups in total. The standard InChI is InChI=1S/C22H22F8O6/c1-2-21(35,5-8-10(23)3-12(25)17(29)15(8)27)20(34)22(36,19(33)14(32)7-31)6-9-11(24)4-13(26)18(30)16(9)28/h3-4,14,19-20,31-36H,2,5-7H2,1H3/t14-,19+,20+,21?,22+/m0/s1. The summed E-state index contributed by atoms with van der Waals surface area (Å²) < 4.78 is 111. The van der Waals surface area contributed by atoms with Crippen LogP contribution >= 0.6 is 0 Å². The van der Waals surface area contributed by atoms with Gasteiger partial charge in [0.25, 0.3) is 0 Å². The van der Waals surface area contributed by atoms with E-state index in [0.717, 1.165) is 6.92 Å². The van der Waals surface area contributed by atoms with Crippen molar-refractivity contribution >= 4 is 0 Å². The van der Waals surface area contributed by atoms with Crippen LogP contribution in [-0.2, 0) is 12.8 Å². The molecule has 0 bridgehead atoms. The lowest BCUT2D eigenvalue weighted by molar-refractivity contribution is -0.229. The van der Waals surface area contributed by atoms with Crippen LogP contribution in [0.5, 0.6) is 0 Å². The summed E-state index contributed by atoms with van der Waals surface area (Å²) in [5.74, 6) is -16.2. The number of rotatable bonds is 10. The molecule has 202 valence electrons. The van der Waals surface area contributed by atoms with E-state index in [4.69, 9.17) is 5.11 Å². The minimum atomic E-state index is -3.52. The van der Waals surface area contributed by atoms with Gasteiger partial charge in [0.1, 0.15) is 35.5 Å². The molecule has 0 aliphatic rings. The lowest BCUT2D eigenvalue weighted by Gasteiger charge is -2.45. The zero-order valence-corrected chi connectivity index (χ0v) is 18.4. The maximum Gasteiger partial charge on any atom is 0.194 e. The first-order valence-corrected chi connectivity index (χ1v) is 10.3. The van der Waals surface area contributed by atoms with Crippen molar-refractivity contribution in [1.82, 2.24) is 0 Å². The quantitative estimate of drug-likeness (QED) is 0.156. The highest BCUT2D eigenvalue weighted by Gasteiger charge is 2.55. The summed E-state index contributed by atoms with van der Waals surface area (Å²) in [6.45, 7) is -0.289. The zero-order valence-electron chi connectivity index (χ0n) is 18.4. The van der Waals surface area contributed by atoms with Crippen LogP contribution in [0.15, 0.2) is 12.1 Å². The van der Waals surface area contributed by atoms with E-state index < -0.39 is 113 Å². The summed E-state index contributed by atoms with van der Waals surface area (Å²) in [7, 11) is 0. The summed E-state index contributed by atoms with van der Waals surface area (Å²) in [6.07, 6.45) is -12.0. The van der Waals surface area contributed by atoms with Crippen molar-refractivity contribution < 1.29 is 65.8 Å². The van der Waals surface area contributed by atoms with E-state index in [-0.39, 0.29) is 12.1 Å². The molecule has 0 heterocycles. The van der Waals surface area contributed by atoms with Gasteiger partial charge in [-0.05, 0) is 6.42 Å². The molecule has 0 saturated heterocycles. The molecule has 36 heavy (non-hydrogen) atoms. The zero-order chi connectivity index (χ0) is 27.7. The van der Waals surface area contributed by atoms with E-state index in [9.17, 15) is 60.7 Å². The smallest absolute Gasteiger partial charge is 0.194 e. The number of aliphatic hydroxyl groups excluding tert-OH is 4. The molecule has 2 rings (SSSR count). The molecule has 0 fully saturated rings. The molecule has 0 radical (unpaired) electrons. The van der Waals surface area contributed by atoms with Gasteiger partial charge in [-0.3, -0.25) is 0 Å². The van der Waals surface area contributed by atoms with Crippen LogP contribution in [-0.4, -0.2) is 66.8 Å². The summed E-state index contributed by atoms with van der Waals surface area (Å²) in [4.78, 5) is 0. The number of benzene rings is 2. The molecule has 5 atom stereocenters. The largest absolute Gasteiger partial charge is 0.394 e. The predicted octanol–water partition coefficient (Wildman–Crippen LogP) is 1.53. The van der Waals surface area contributed by atoms with Gasteiger partial charge in [0.05, 0.1) is 12.2 Å². The third-order valence-corrected chi connectivity index (χ3v) is 6.02. The molecular weight excluding hydrogens is 512 g/mol. The lowest BCUT2D eigenvalue weighted by Crippen LogP contribution is -2.66. The number of hydrogen-bond donors (Lipinski definition) is 6. The van der Waals surface area contributed by atoms with E-state index in [1.807, 2.05) is 0 Å². The van der Waals surface area contributed by atoms with Crippen LogP contribution in [0.25, 0.3) is 0 Å². The van der Waals surface area contributed by atoms with Crippen molar-refractivity contribution in [3.05, 3.63) is 69.8 Å². The maximum absolute atomic E-state index is 14.3. The predicted molar refractivity (Wildman–Crippen MR) is 105 cm³/mol. The highest BCUT2D eigenvalue weighted by atomic mass is 19.2. The van der Waals surface area contributed by atoms with E-state index in [0.29, 0.717) is 0 Å². The van der Waals surface area contributed by atoms with Crippen molar-refractivity contribution in [2.75, 3.05) is 6.61 Å². The lowest BCUT2D eigenvalue weighted by atomic mass is 9.72. The van der Waals surface area contributed by atoms with Crippen LogP contribution < -0.4 is 0 Å². The van der Waals surface area contributed by atoms with Gasteiger partial charge in [0, 0.05) is 36.1 Å². The van der Waals surface area contributed by atoms with Gasteiger partial charge in [0.2, 0.25) is 0 Å². The SMILES string of the molecule is CCC(O)(Cc1c(F)cc(F)c(F)c1F)[C@@H](O)[C@@](O)(Cc1c(F)cc(F)c(F)c1F)[C@H](O)[C@@H](O)CO. The highest BCUT2D eigenvalue weighted by molar-refractivity contribution is 5.28. The minimum Gasteiger partial charge on any atom is -0.394 e. The van der Waals surface area contributed by atoms with E-state index in [1.54, 1.807) is 0 Å². The average Bonchev–Trinajstić information content (AvgIpc) is 2.84. The Balaban J connectivity index is 2.67. The number of halogens is 8. The molecular formula is C22H22F8O6.